The molecule has 0 amide bonds. The van der Waals surface area contributed by atoms with Crippen molar-refractivity contribution in [2.24, 2.45) is 10.6 Å². The molecule has 2 aromatic carbocycles. The highest BCUT2D eigenvalue weighted by atomic mass is 32.2. The Morgan fingerprint density at radius 2 is 1.39 bits per heavy atom. The summed E-state index contributed by atoms with van der Waals surface area (Å²) in [5, 5.41) is 14.3. The first-order valence-electron chi connectivity index (χ1n) is 9.70. The summed E-state index contributed by atoms with van der Waals surface area (Å²) in [5.74, 6) is -0.140. The Morgan fingerprint density at radius 3 is 1.86 bits per heavy atom. The van der Waals surface area contributed by atoms with Gasteiger partial charge in [0.25, 0.3) is 0 Å². The summed E-state index contributed by atoms with van der Waals surface area (Å²) in [7, 11) is -3.53. The summed E-state index contributed by atoms with van der Waals surface area (Å²) in [6.45, 7) is 0. The van der Waals surface area contributed by atoms with Gasteiger partial charge >= 0.3 is 0 Å². The lowest BCUT2D eigenvalue weighted by Crippen LogP contribution is -2.14. The lowest BCUT2D eigenvalue weighted by molar-refractivity contribution is 0.330. The molecule has 2 aliphatic carbocycles. The Bertz CT molecular complexity index is 1050. The standard InChI is InChI=1S/C23H24N2O2S/c24-15-17-3-7-19(8-4-17)21-13-23(11-1-2-12-23)14-22(21)20-9-5-18(6-10-20)16-28(25,26)27/h3-10H,1-2,11-14,16H2,(H2,25,26,27). The first-order valence-corrected chi connectivity index (χ1v) is 11.4. The van der Waals surface area contributed by atoms with Crippen LogP contribution in [0.15, 0.2) is 48.5 Å². The Hall–Kier alpha value is -2.42. The van der Waals surface area contributed by atoms with Crippen LogP contribution in [0.5, 0.6) is 0 Å². The second-order valence-electron chi connectivity index (χ2n) is 8.21. The minimum atomic E-state index is -3.53. The Morgan fingerprint density at radius 1 is 0.893 bits per heavy atom. The van der Waals surface area contributed by atoms with Gasteiger partial charge in [0, 0.05) is 0 Å². The molecule has 0 aromatic heterocycles. The van der Waals surface area contributed by atoms with Gasteiger partial charge in [-0.15, -0.1) is 0 Å². The van der Waals surface area contributed by atoms with E-state index in [1.807, 2.05) is 36.4 Å². The zero-order valence-electron chi connectivity index (χ0n) is 15.8. The molecule has 0 atom stereocenters. The van der Waals surface area contributed by atoms with Gasteiger partial charge in [-0.25, -0.2) is 13.6 Å². The van der Waals surface area contributed by atoms with Gasteiger partial charge in [-0.2, -0.15) is 5.26 Å². The van der Waals surface area contributed by atoms with Crippen LogP contribution in [0.4, 0.5) is 0 Å². The quantitative estimate of drug-likeness (QED) is 0.824. The normalized spacial score (nSPS) is 18.6. The van der Waals surface area contributed by atoms with Crippen molar-refractivity contribution < 1.29 is 8.42 Å². The van der Waals surface area contributed by atoms with Crippen molar-refractivity contribution >= 4 is 21.2 Å². The predicted molar refractivity (Wildman–Crippen MR) is 111 cm³/mol. The van der Waals surface area contributed by atoms with Gasteiger partial charge in [0.05, 0.1) is 17.4 Å². The molecule has 4 rings (SSSR count). The van der Waals surface area contributed by atoms with Crippen molar-refractivity contribution in [3.8, 4) is 6.07 Å². The largest absolute Gasteiger partial charge is 0.228 e. The Labute approximate surface area is 166 Å². The first kappa shape index (κ1) is 18.9. The fraction of sp³-hybridized carbons (Fsp3) is 0.348. The van der Waals surface area contributed by atoms with Crippen LogP contribution < -0.4 is 5.14 Å². The summed E-state index contributed by atoms with van der Waals surface area (Å²) in [6.07, 6.45) is 7.26. The van der Waals surface area contributed by atoms with E-state index in [1.54, 1.807) is 0 Å². The third kappa shape index (κ3) is 3.89. The fourth-order valence-corrected chi connectivity index (χ4v) is 5.49. The SMILES string of the molecule is N#Cc1ccc(C2=C(c3ccc(CS(N)(=O)=O)cc3)CC3(CCCC3)C2)cc1. The van der Waals surface area contributed by atoms with Crippen molar-refractivity contribution in [2.75, 3.05) is 0 Å². The number of nitrogens with two attached hydrogens (primary N) is 1. The molecule has 28 heavy (non-hydrogen) atoms. The summed E-state index contributed by atoms with van der Waals surface area (Å²) in [4.78, 5) is 0. The number of hydrogen-bond donors (Lipinski definition) is 1. The van der Waals surface area contributed by atoms with Crippen LogP contribution in [0.1, 0.15) is 60.8 Å². The number of primary sulfonamides is 1. The molecule has 0 bridgehead atoms. The van der Waals surface area contributed by atoms with E-state index in [0.717, 1.165) is 18.4 Å². The smallest absolute Gasteiger partial charge is 0.213 e. The average Bonchev–Trinajstić information content (AvgIpc) is 3.28. The van der Waals surface area contributed by atoms with Gasteiger partial charge < -0.3 is 0 Å². The predicted octanol–water partition coefficient (Wildman–Crippen LogP) is 4.61. The maximum absolute atomic E-state index is 11.3. The van der Waals surface area contributed by atoms with E-state index in [9.17, 15) is 8.42 Å². The van der Waals surface area contributed by atoms with E-state index in [2.05, 4.69) is 18.2 Å². The summed E-state index contributed by atoms with van der Waals surface area (Å²) in [6, 6.07) is 17.8. The molecule has 0 unspecified atom stereocenters. The molecule has 5 heteroatoms. The van der Waals surface area contributed by atoms with Crippen molar-refractivity contribution in [1.82, 2.24) is 0 Å². The highest BCUT2D eigenvalue weighted by Crippen LogP contribution is 2.57. The zero-order valence-corrected chi connectivity index (χ0v) is 16.6. The molecule has 1 saturated carbocycles. The van der Waals surface area contributed by atoms with E-state index >= 15 is 0 Å². The summed E-state index contributed by atoms with van der Waals surface area (Å²) >= 11 is 0. The molecule has 1 spiro atoms. The van der Waals surface area contributed by atoms with Gasteiger partial charge in [0.15, 0.2) is 0 Å². The number of rotatable bonds is 4. The molecule has 1 fully saturated rings. The molecule has 4 nitrogen and oxygen atoms in total. The molecule has 0 heterocycles. The van der Waals surface area contributed by atoms with Crippen LogP contribution in [0.3, 0.4) is 0 Å². The maximum atomic E-state index is 11.3. The van der Waals surface area contributed by atoms with Crippen molar-refractivity contribution in [3.05, 3.63) is 70.8 Å². The van der Waals surface area contributed by atoms with Gasteiger partial charge in [-0.05, 0) is 71.1 Å². The highest BCUT2D eigenvalue weighted by molar-refractivity contribution is 7.88. The lowest BCUT2D eigenvalue weighted by atomic mass is 9.81. The van der Waals surface area contributed by atoms with Gasteiger partial charge in [-0.1, -0.05) is 49.2 Å². The number of allylic oxidation sites excluding steroid dienone is 2. The third-order valence-electron chi connectivity index (χ3n) is 6.16. The first-order chi connectivity index (χ1) is 13.4. The van der Waals surface area contributed by atoms with E-state index in [-0.39, 0.29) is 5.75 Å². The van der Waals surface area contributed by atoms with Crippen molar-refractivity contribution in [3.63, 3.8) is 0 Å². The second kappa shape index (κ2) is 7.20. The van der Waals surface area contributed by atoms with Crippen LogP contribution in [0.2, 0.25) is 0 Å². The molecule has 144 valence electrons. The molecular weight excluding hydrogens is 368 g/mol. The molecule has 2 N–H and O–H groups in total. The van der Waals surface area contributed by atoms with Gasteiger partial charge in [-0.3, -0.25) is 0 Å². The Kier molecular flexibility index (Phi) is 4.86. The Balaban J connectivity index is 1.72. The lowest BCUT2D eigenvalue weighted by Gasteiger charge is -2.23. The number of nitrogens with zero attached hydrogens (tertiary/aromatic N) is 1. The summed E-state index contributed by atoms with van der Waals surface area (Å²) in [5.41, 5.74) is 6.80. The van der Waals surface area contributed by atoms with Crippen LogP contribution in [0, 0.1) is 16.7 Å². The number of hydrogen-bond acceptors (Lipinski definition) is 3. The molecule has 2 aromatic rings. The fourth-order valence-electron chi connectivity index (χ4n) is 4.84. The van der Waals surface area contributed by atoms with Crippen LogP contribution in [-0.4, -0.2) is 8.42 Å². The zero-order chi connectivity index (χ0) is 19.8. The minimum absolute atomic E-state index is 0.140. The van der Waals surface area contributed by atoms with E-state index in [0.29, 0.717) is 16.5 Å². The third-order valence-corrected chi connectivity index (χ3v) is 6.90. The monoisotopic (exact) mass is 392 g/mol. The van der Waals surface area contributed by atoms with E-state index < -0.39 is 10.0 Å². The number of benzene rings is 2. The molecular formula is C23H24N2O2S. The number of sulfonamides is 1. The molecule has 2 aliphatic rings. The second-order valence-corrected chi connectivity index (χ2v) is 9.83. The van der Waals surface area contributed by atoms with Crippen molar-refractivity contribution in [1.29, 1.82) is 5.26 Å². The number of nitriles is 1. The molecule has 0 radical (unpaired) electrons. The average molecular weight is 393 g/mol. The summed E-state index contributed by atoms with van der Waals surface area (Å²) < 4.78 is 22.7. The van der Waals surface area contributed by atoms with Crippen molar-refractivity contribution in [2.45, 2.75) is 44.3 Å². The molecule has 0 aliphatic heterocycles. The minimum Gasteiger partial charge on any atom is -0.228 e. The maximum Gasteiger partial charge on any atom is 0.213 e. The van der Waals surface area contributed by atoms with Gasteiger partial charge in [0.2, 0.25) is 10.0 Å². The molecule has 0 saturated heterocycles. The van der Waals surface area contributed by atoms with Crippen LogP contribution in [0.25, 0.3) is 11.1 Å². The topological polar surface area (TPSA) is 83.9 Å². The van der Waals surface area contributed by atoms with Crippen LogP contribution in [-0.2, 0) is 15.8 Å². The van der Waals surface area contributed by atoms with Crippen LogP contribution >= 0.6 is 0 Å². The van der Waals surface area contributed by atoms with Gasteiger partial charge in [0.1, 0.15) is 0 Å². The van der Waals surface area contributed by atoms with E-state index in [1.165, 1.54) is 42.4 Å². The highest BCUT2D eigenvalue weighted by Gasteiger charge is 2.41. The van der Waals surface area contributed by atoms with E-state index in [4.69, 9.17) is 10.4 Å².